The first-order valence-electron chi connectivity index (χ1n) is 7.33. The van der Waals surface area contributed by atoms with Gasteiger partial charge in [-0.2, -0.15) is 0 Å². The molecule has 24 heavy (non-hydrogen) atoms. The van der Waals surface area contributed by atoms with E-state index in [0.717, 1.165) is 29.0 Å². The van der Waals surface area contributed by atoms with E-state index >= 15 is 0 Å². The van der Waals surface area contributed by atoms with Crippen LogP contribution in [0.15, 0.2) is 60.8 Å². The van der Waals surface area contributed by atoms with Gasteiger partial charge in [-0.25, -0.2) is 8.78 Å². The highest BCUT2D eigenvalue weighted by Gasteiger charge is 2.17. The summed E-state index contributed by atoms with van der Waals surface area (Å²) >= 11 is 0. The summed E-state index contributed by atoms with van der Waals surface area (Å²) in [6, 6.07) is 14.1. The summed E-state index contributed by atoms with van der Waals surface area (Å²) in [5, 5.41) is 2.49. The summed E-state index contributed by atoms with van der Waals surface area (Å²) in [4.78, 5) is 16.3. The lowest BCUT2D eigenvalue weighted by atomic mass is 10.1. The molecule has 0 aliphatic heterocycles. The first-order valence-corrected chi connectivity index (χ1v) is 7.33. The van der Waals surface area contributed by atoms with Crippen molar-refractivity contribution < 1.29 is 13.6 Å². The lowest BCUT2D eigenvalue weighted by Crippen LogP contribution is -2.15. The molecule has 0 unspecified atom stereocenters. The molecule has 1 heterocycles. The van der Waals surface area contributed by atoms with Crippen molar-refractivity contribution in [2.75, 3.05) is 5.32 Å². The summed E-state index contributed by atoms with van der Waals surface area (Å²) in [5.41, 5.74) is 2.65. The number of carbonyl (C=O) groups is 1. The summed E-state index contributed by atoms with van der Waals surface area (Å²) in [7, 11) is 0. The standard InChI is InChI=1S/C19H14F2N2O/c1-12-5-6-14(11-22-12)13-7-9-15(10-8-13)23-19(24)18-16(20)3-2-4-17(18)21/h2-11H,1H3,(H,23,24). The molecule has 3 nitrogen and oxygen atoms in total. The van der Waals surface area contributed by atoms with Crippen molar-refractivity contribution in [3.8, 4) is 11.1 Å². The van der Waals surface area contributed by atoms with E-state index in [1.54, 1.807) is 30.5 Å². The van der Waals surface area contributed by atoms with Crippen LogP contribution in [0.3, 0.4) is 0 Å². The third kappa shape index (κ3) is 3.30. The highest BCUT2D eigenvalue weighted by molar-refractivity contribution is 6.04. The van der Waals surface area contributed by atoms with Crippen LogP contribution in [-0.2, 0) is 0 Å². The Balaban J connectivity index is 1.79. The van der Waals surface area contributed by atoms with Crippen LogP contribution in [0.25, 0.3) is 11.1 Å². The molecule has 0 bridgehead atoms. The molecule has 0 aliphatic carbocycles. The third-order valence-corrected chi connectivity index (χ3v) is 3.58. The molecule has 1 amide bonds. The Bertz CT molecular complexity index is 855. The maximum Gasteiger partial charge on any atom is 0.261 e. The Hall–Kier alpha value is -3.08. The number of rotatable bonds is 3. The molecule has 0 saturated carbocycles. The van der Waals surface area contributed by atoms with Crippen molar-refractivity contribution in [3.63, 3.8) is 0 Å². The monoisotopic (exact) mass is 324 g/mol. The smallest absolute Gasteiger partial charge is 0.261 e. The summed E-state index contributed by atoms with van der Waals surface area (Å²) < 4.78 is 27.2. The van der Waals surface area contributed by atoms with E-state index < -0.39 is 23.1 Å². The van der Waals surface area contributed by atoms with E-state index in [1.807, 2.05) is 19.1 Å². The van der Waals surface area contributed by atoms with Crippen molar-refractivity contribution >= 4 is 11.6 Å². The fourth-order valence-corrected chi connectivity index (χ4v) is 2.29. The summed E-state index contributed by atoms with van der Waals surface area (Å²) in [6.07, 6.45) is 1.76. The molecule has 1 N–H and O–H groups in total. The van der Waals surface area contributed by atoms with Crippen molar-refractivity contribution in [3.05, 3.63) is 83.7 Å². The first kappa shape index (κ1) is 15.8. The number of pyridine rings is 1. The molecule has 2 aromatic carbocycles. The average Bonchev–Trinajstić information content (AvgIpc) is 2.56. The minimum atomic E-state index is -0.894. The Labute approximate surface area is 138 Å². The second kappa shape index (κ2) is 6.58. The molecule has 0 aliphatic rings. The molecule has 0 atom stereocenters. The van der Waals surface area contributed by atoms with Crippen LogP contribution in [0.1, 0.15) is 16.1 Å². The number of amides is 1. The second-order valence-corrected chi connectivity index (χ2v) is 5.32. The number of anilines is 1. The number of aromatic nitrogens is 1. The van der Waals surface area contributed by atoms with Crippen molar-refractivity contribution in [1.82, 2.24) is 4.98 Å². The Morgan fingerprint density at radius 3 is 2.12 bits per heavy atom. The van der Waals surface area contributed by atoms with Crippen LogP contribution >= 0.6 is 0 Å². The quantitative estimate of drug-likeness (QED) is 0.766. The van der Waals surface area contributed by atoms with Gasteiger partial charge in [-0.3, -0.25) is 9.78 Å². The first-order chi connectivity index (χ1) is 11.5. The molecular formula is C19H14F2N2O. The van der Waals surface area contributed by atoms with Gasteiger partial charge in [0.1, 0.15) is 17.2 Å². The number of carbonyl (C=O) groups excluding carboxylic acids is 1. The van der Waals surface area contributed by atoms with Crippen LogP contribution in [0, 0.1) is 18.6 Å². The normalized spacial score (nSPS) is 10.5. The molecule has 3 rings (SSSR count). The molecule has 0 radical (unpaired) electrons. The Kier molecular flexibility index (Phi) is 4.33. The molecule has 3 aromatic rings. The third-order valence-electron chi connectivity index (χ3n) is 3.58. The molecule has 0 fully saturated rings. The number of nitrogens with zero attached hydrogens (tertiary/aromatic N) is 1. The van der Waals surface area contributed by atoms with Gasteiger partial charge in [0.2, 0.25) is 0 Å². The maximum atomic E-state index is 13.6. The lowest BCUT2D eigenvalue weighted by molar-refractivity contribution is 0.101. The minimum Gasteiger partial charge on any atom is -0.322 e. The maximum absolute atomic E-state index is 13.6. The van der Waals surface area contributed by atoms with Gasteiger partial charge >= 0.3 is 0 Å². The van der Waals surface area contributed by atoms with Crippen LogP contribution in [0.2, 0.25) is 0 Å². The van der Waals surface area contributed by atoms with E-state index in [-0.39, 0.29) is 0 Å². The van der Waals surface area contributed by atoms with E-state index in [0.29, 0.717) is 5.69 Å². The zero-order valence-corrected chi connectivity index (χ0v) is 12.9. The van der Waals surface area contributed by atoms with Gasteiger partial charge in [0.25, 0.3) is 5.91 Å². The van der Waals surface area contributed by atoms with Gasteiger partial charge in [0, 0.05) is 23.1 Å². The number of aryl methyl sites for hydroxylation is 1. The number of hydrogen-bond acceptors (Lipinski definition) is 2. The largest absolute Gasteiger partial charge is 0.322 e. The lowest BCUT2D eigenvalue weighted by Gasteiger charge is -2.08. The number of nitrogens with one attached hydrogen (secondary N) is 1. The van der Waals surface area contributed by atoms with Crippen LogP contribution in [0.5, 0.6) is 0 Å². The fourth-order valence-electron chi connectivity index (χ4n) is 2.29. The van der Waals surface area contributed by atoms with Crippen molar-refractivity contribution in [2.45, 2.75) is 6.92 Å². The molecular weight excluding hydrogens is 310 g/mol. The fraction of sp³-hybridized carbons (Fsp3) is 0.0526. The predicted molar refractivity (Wildman–Crippen MR) is 88.7 cm³/mol. The predicted octanol–water partition coefficient (Wildman–Crippen LogP) is 4.59. The SMILES string of the molecule is Cc1ccc(-c2ccc(NC(=O)c3c(F)cccc3F)cc2)cn1. The minimum absolute atomic E-state index is 0.450. The van der Waals surface area contributed by atoms with Gasteiger partial charge in [0.05, 0.1) is 0 Å². The highest BCUT2D eigenvalue weighted by Crippen LogP contribution is 2.22. The van der Waals surface area contributed by atoms with Gasteiger partial charge in [-0.15, -0.1) is 0 Å². The van der Waals surface area contributed by atoms with Gasteiger partial charge in [-0.05, 0) is 42.8 Å². The van der Waals surface area contributed by atoms with Crippen molar-refractivity contribution in [2.24, 2.45) is 0 Å². The summed E-state index contributed by atoms with van der Waals surface area (Å²) in [5.74, 6) is -2.61. The Morgan fingerprint density at radius 2 is 1.54 bits per heavy atom. The molecule has 0 saturated heterocycles. The van der Waals surface area contributed by atoms with E-state index in [4.69, 9.17) is 0 Å². The number of hydrogen-bond donors (Lipinski definition) is 1. The van der Waals surface area contributed by atoms with E-state index in [1.165, 1.54) is 6.07 Å². The van der Waals surface area contributed by atoms with Crippen LogP contribution in [-0.4, -0.2) is 10.9 Å². The number of benzene rings is 2. The molecule has 1 aromatic heterocycles. The van der Waals surface area contributed by atoms with Gasteiger partial charge in [-0.1, -0.05) is 24.3 Å². The second-order valence-electron chi connectivity index (χ2n) is 5.32. The zero-order valence-electron chi connectivity index (χ0n) is 12.9. The van der Waals surface area contributed by atoms with Gasteiger partial charge < -0.3 is 5.32 Å². The Morgan fingerprint density at radius 1 is 0.917 bits per heavy atom. The van der Waals surface area contributed by atoms with Gasteiger partial charge in [0.15, 0.2) is 0 Å². The van der Waals surface area contributed by atoms with Crippen molar-refractivity contribution in [1.29, 1.82) is 0 Å². The highest BCUT2D eigenvalue weighted by atomic mass is 19.1. The van der Waals surface area contributed by atoms with Crippen LogP contribution in [0.4, 0.5) is 14.5 Å². The summed E-state index contributed by atoms with van der Waals surface area (Å²) in [6.45, 7) is 1.91. The van der Waals surface area contributed by atoms with E-state index in [2.05, 4.69) is 10.3 Å². The van der Waals surface area contributed by atoms with E-state index in [9.17, 15) is 13.6 Å². The average molecular weight is 324 g/mol. The zero-order chi connectivity index (χ0) is 17.1. The van der Waals surface area contributed by atoms with Crippen LogP contribution < -0.4 is 5.32 Å². The molecule has 5 heteroatoms. The molecule has 120 valence electrons. The number of halogens is 2. The topological polar surface area (TPSA) is 42.0 Å². The molecule has 0 spiro atoms.